The molecule has 0 fully saturated rings. The van der Waals surface area contributed by atoms with Crippen LogP contribution in [0.15, 0.2) is 18.2 Å². The van der Waals surface area contributed by atoms with Gasteiger partial charge in [0.2, 0.25) is 0 Å². The lowest BCUT2D eigenvalue weighted by molar-refractivity contribution is -0.138. The van der Waals surface area contributed by atoms with Gasteiger partial charge in [-0.25, -0.2) is 0 Å². The van der Waals surface area contributed by atoms with Gasteiger partial charge in [0.15, 0.2) is 0 Å². The fraction of sp³-hybridized carbons (Fsp3) is 0.600. The summed E-state index contributed by atoms with van der Waals surface area (Å²) in [5.74, 6) is -0.222. The normalized spacial score (nSPS) is 10.8. The van der Waals surface area contributed by atoms with Crippen molar-refractivity contribution in [1.29, 1.82) is 0 Å². The van der Waals surface area contributed by atoms with E-state index in [9.17, 15) is 9.59 Å². The molecule has 1 rings (SSSR count). The molecule has 0 heterocycles. The molecule has 0 aromatic heterocycles. The standard InChI is InChI=1S/C20H30O5/c1-15(2)14-25-18-11-7-9-16(8-3-5-12-19(21)22)17(18)10-4-6-13-20(23)24/h7,9,11,15H,3-6,8,10,12-14H2,1-2H3,(H,21,22)(H,23,24). The lowest BCUT2D eigenvalue weighted by Crippen LogP contribution is -2.08. The number of benzene rings is 1. The van der Waals surface area contributed by atoms with Crippen LogP contribution >= 0.6 is 0 Å². The molecule has 0 aliphatic carbocycles. The van der Waals surface area contributed by atoms with Crippen LogP contribution in [0.1, 0.15) is 63.5 Å². The second-order valence-electron chi connectivity index (χ2n) is 6.80. The van der Waals surface area contributed by atoms with Crippen molar-refractivity contribution in [3.63, 3.8) is 0 Å². The number of hydrogen-bond donors (Lipinski definition) is 2. The third-order valence-corrected chi connectivity index (χ3v) is 3.96. The minimum absolute atomic E-state index is 0.183. The van der Waals surface area contributed by atoms with E-state index >= 15 is 0 Å². The minimum Gasteiger partial charge on any atom is -0.493 e. The molecule has 5 nitrogen and oxygen atoms in total. The van der Waals surface area contributed by atoms with Crippen molar-refractivity contribution in [2.24, 2.45) is 5.92 Å². The number of carboxylic acids is 2. The van der Waals surface area contributed by atoms with Crippen LogP contribution in [0.5, 0.6) is 5.75 Å². The number of unbranched alkanes of at least 4 members (excludes halogenated alkanes) is 2. The number of aliphatic carboxylic acids is 2. The molecule has 0 atom stereocenters. The van der Waals surface area contributed by atoms with Crippen LogP contribution in [-0.2, 0) is 22.4 Å². The molecule has 0 bridgehead atoms. The Labute approximate surface area is 150 Å². The Morgan fingerprint density at radius 3 is 2.12 bits per heavy atom. The average molecular weight is 350 g/mol. The van der Waals surface area contributed by atoms with E-state index in [0.717, 1.165) is 37.0 Å². The lowest BCUT2D eigenvalue weighted by atomic mass is 9.96. The Morgan fingerprint density at radius 1 is 0.960 bits per heavy atom. The molecule has 0 saturated carbocycles. The van der Waals surface area contributed by atoms with Gasteiger partial charge < -0.3 is 14.9 Å². The average Bonchev–Trinajstić information content (AvgIpc) is 2.54. The molecular formula is C20H30O5. The fourth-order valence-corrected chi connectivity index (χ4v) is 2.69. The third kappa shape index (κ3) is 9.13. The first kappa shape index (κ1) is 21.0. The Balaban J connectivity index is 2.75. The topological polar surface area (TPSA) is 83.8 Å². The van der Waals surface area contributed by atoms with Crippen molar-refractivity contribution in [1.82, 2.24) is 0 Å². The van der Waals surface area contributed by atoms with Gasteiger partial charge in [0, 0.05) is 12.8 Å². The number of aryl methyl sites for hydroxylation is 1. The maximum atomic E-state index is 10.7. The molecule has 0 saturated heterocycles. The highest BCUT2D eigenvalue weighted by atomic mass is 16.5. The van der Waals surface area contributed by atoms with Gasteiger partial charge in [-0.05, 0) is 61.6 Å². The van der Waals surface area contributed by atoms with Crippen LogP contribution in [0.3, 0.4) is 0 Å². The van der Waals surface area contributed by atoms with Gasteiger partial charge in [-0.1, -0.05) is 26.0 Å². The first-order valence-electron chi connectivity index (χ1n) is 9.07. The maximum absolute atomic E-state index is 10.7. The van der Waals surface area contributed by atoms with Crippen LogP contribution in [0.4, 0.5) is 0 Å². The lowest BCUT2D eigenvalue weighted by Gasteiger charge is -2.17. The van der Waals surface area contributed by atoms with E-state index in [1.807, 2.05) is 12.1 Å². The summed E-state index contributed by atoms with van der Waals surface area (Å²) >= 11 is 0. The number of carboxylic acid groups (broad SMARTS) is 2. The smallest absolute Gasteiger partial charge is 0.303 e. The van der Waals surface area contributed by atoms with Crippen molar-refractivity contribution in [3.05, 3.63) is 29.3 Å². The SMILES string of the molecule is CC(C)COc1cccc(CCCCC(=O)O)c1CCCCC(=O)O. The second kappa shape index (κ2) is 11.5. The van der Waals surface area contributed by atoms with Crippen molar-refractivity contribution in [3.8, 4) is 5.75 Å². The van der Waals surface area contributed by atoms with Gasteiger partial charge in [-0.3, -0.25) is 9.59 Å². The summed E-state index contributed by atoms with van der Waals surface area (Å²) in [5, 5.41) is 17.5. The Bertz CT molecular complexity index is 551. The summed E-state index contributed by atoms with van der Waals surface area (Å²) in [6.45, 7) is 4.84. The zero-order valence-corrected chi connectivity index (χ0v) is 15.3. The number of carbonyl (C=O) groups is 2. The van der Waals surface area contributed by atoms with Gasteiger partial charge in [-0.15, -0.1) is 0 Å². The Hall–Kier alpha value is -2.04. The van der Waals surface area contributed by atoms with Gasteiger partial charge in [0.25, 0.3) is 0 Å². The molecule has 1 aromatic carbocycles. The zero-order valence-electron chi connectivity index (χ0n) is 15.3. The van der Waals surface area contributed by atoms with Gasteiger partial charge in [0.1, 0.15) is 5.75 Å². The first-order valence-corrected chi connectivity index (χ1v) is 9.07. The molecular weight excluding hydrogens is 320 g/mol. The van der Waals surface area contributed by atoms with Gasteiger partial charge in [-0.2, -0.15) is 0 Å². The third-order valence-electron chi connectivity index (χ3n) is 3.96. The highest BCUT2D eigenvalue weighted by Crippen LogP contribution is 2.27. The number of rotatable bonds is 13. The first-order chi connectivity index (χ1) is 11.9. The number of ether oxygens (including phenoxy) is 1. The summed E-state index contributed by atoms with van der Waals surface area (Å²) in [5.41, 5.74) is 2.32. The molecule has 0 spiro atoms. The van der Waals surface area contributed by atoms with Crippen LogP contribution in [0, 0.1) is 5.92 Å². The zero-order chi connectivity index (χ0) is 18.7. The van der Waals surface area contributed by atoms with Crippen LogP contribution in [0.25, 0.3) is 0 Å². The van der Waals surface area contributed by atoms with E-state index in [1.54, 1.807) is 0 Å². The Morgan fingerprint density at radius 2 is 1.56 bits per heavy atom. The van der Waals surface area contributed by atoms with Crippen LogP contribution in [0.2, 0.25) is 0 Å². The Kier molecular flexibility index (Phi) is 9.66. The molecule has 1 aromatic rings. The second-order valence-corrected chi connectivity index (χ2v) is 6.80. The van der Waals surface area contributed by atoms with E-state index in [4.69, 9.17) is 14.9 Å². The van der Waals surface area contributed by atoms with Crippen molar-refractivity contribution >= 4 is 11.9 Å². The van der Waals surface area contributed by atoms with Crippen molar-refractivity contribution < 1.29 is 24.5 Å². The summed E-state index contributed by atoms with van der Waals surface area (Å²) in [6, 6.07) is 6.01. The van der Waals surface area contributed by atoms with E-state index in [-0.39, 0.29) is 12.8 Å². The van der Waals surface area contributed by atoms with Crippen LogP contribution < -0.4 is 4.74 Å². The quantitative estimate of drug-likeness (QED) is 0.518. The highest BCUT2D eigenvalue weighted by Gasteiger charge is 2.11. The molecule has 5 heteroatoms. The monoisotopic (exact) mass is 350 g/mol. The van der Waals surface area contributed by atoms with E-state index in [2.05, 4.69) is 19.9 Å². The molecule has 0 aliphatic heterocycles. The molecule has 0 amide bonds. The summed E-state index contributed by atoms with van der Waals surface area (Å²) in [6.07, 6.45) is 4.91. The molecule has 2 N–H and O–H groups in total. The van der Waals surface area contributed by atoms with Crippen molar-refractivity contribution in [2.75, 3.05) is 6.61 Å². The summed E-state index contributed by atoms with van der Waals surface area (Å²) in [7, 11) is 0. The number of hydrogen-bond acceptors (Lipinski definition) is 3. The highest BCUT2D eigenvalue weighted by molar-refractivity contribution is 5.66. The molecule has 140 valence electrons. The molecule has 0 aliphatic rings. The molecule has 25 heavy (non-hydrogen) atoms. The minimum atomic E-state index is -0.766. The van der Waals surface area contributed by atoms with E-state index in [0.29, 0.717) is 25.4 Å². The fourth-order valence-electron chi connectivity index (χ4n) is 2.69. The summed E-state index contributed by atoms with van der Waals surface area (Å²) in [4.78, 5) is 21.3. The predicted octanol–water partition coefficient (Wildman–Crippen LogP) is 4.32. The largest absolute Gasteiger partial charge is 0.493 e. The van der Waals surface area contributed by atoms with E-state index < -0.39 is 11.9 Å². The van der Waals surface area contributed by atoms with Crippen LogP contribution in [-0.4, -0.2) is 28.8 Å². The van der Waals surface area contributed by atoms with Gasteiger partial charge >= 0.3 is 11.9 Å². The van der Waals surface area contributed by atoms with Gasteiger partial charge in [0.05, 0.1) is 6.61 Å². The van der Waals surface area contributed by atoms with E-state index in [1.165, 1.54) is 5.56 Å². The predicted molar refractivity (Wildman–Crippen MR) is 97.2 cm³/mol. The molecule has 0 unspecified atom stereocenters. The van der Waals surface area contributed by atoms with Crippen molar-refractivity contribution in [2.45, 2.75) is 65.2 Å². The molecule has 0 radical (unpaired) electrons. The summed E-state index contributed by atoms with van der Waals surface area (Å²) < 4.78 is 5.95. The maximum Gasteiger partial charge on any atom is 0.303 e.